The molecule has 1 atom stereocenters. The molecular formula is C22H27N3O7S2. The van der Waals surface area contributed by atoms with E-state index in [2.05, 4.69) is 15.4 Å². The van der Waals surface area contributed by atoms with Gasteiger partial charge in [-0.3, -0.25) is 14.8 Å². The number of nitrogens with one attached hydrogen (secondary N) is 3. The van der Waals surface area contributed by atoms with Crippen LogP contribution in [0.4, 0.5) is 10.5 Å². The number of hydrogen-bond donors (Lipinski definition) is 4. The van der Waals surface area contributed by atoms with Gasteiger partial charge in [0.15, 0.2) is 9.84 Å². The molecule has 0 saturated carbocycles. The number of hydroxylamine groups is 1. The Bertz CT molecular complexity index is 1160. The number of sulfone groups is 1. The summed E-state index contributed by atoms with van der Waals surface area (Å²) in [6.45, 7) is 0.129. The first kappa shape index (κ1) is 25.7. The lowest BCUT2D eigenvalue weighted by atomic mass is 9.94. The van der Waals surface area contributed by atoms with Crippen molar-refractivity contribution in [3.8, 4) is 10.4 Å². The third-order valence-corrected chi connectivity index (χ3v) is 9.76. The molecule has 10 nitrogen and oxygen atoms in total. The lowest BCUT2D eigenvalue weighted by molar-refractivity contribution is -0.130. The second-order valence-corrected chi connectivity index (χ2v) is 11.4. The molecule has 4 N–H and O–H groups in total. The first-order valence-electron chi connectivity index (χ1n) is 10.7. The van der Waals surface area contributed by atoms with Gasteiger partial charge in [0.05, 0.1) is 19.3 Å². The van der Waals surface area contributed by atoms with E-state index >= 15 is 0 Å². The van der Waals surface area contributed by atoms with E-state index in [1.165, 1.54) is 18.4 Å². The average Bonchev–Trinajstić information content (AvgIpc) is 3.31. The molecule has 2 aromatic rings. The van der Waals surface area contributed by atoms with Crippen LogP contribution in [0.25, 0.3) is 10.4 Å². The summed E-state index contributed by atoms with van der Waals surface area (Å²) < 4.78 is 29.3. The van der Waals surface area contributed by atoms with Gasteiger partial charge >= 0.3 is 6.09 Å². The lowest BCUT2D eigenvalue weighted by Gasteiger charge is -2.35. The highest BCUT2D eigenvalue weighted by Crippen LogP contribution is 2.47. The molecule has 0 aliphatic carbocycles. The Kier molecular flexibility index (Phi) is 8.28. The fraction of sp³-hybridized carbons (Fsp3) is 0.409. The molecule has 3 amide bonds. The first-order valence-corrected chi connectivity index (χ1v) is 13.2. The summed E-state index contributed by atoms with van der Waals surface area (Å²) in [6, 6.07) is 10.6. The SMILES string of the molecule is COC(=O)NCCC(=O)Nc1cccc(-c2ccc([C@@]3(CC(=O)NO)CCCCS3(=O)=O)s2)c1. The molecule has 1 aromatic carbocycles. The molecule has 0 radical (unpaired) electrons. The van der Waals surface area contributed by atoms with Gasteiger partial charge < -0.3 is 15.4 Å². The summed E-state index contributed by atoms with van der Waals surface area (Å²) in [5.41, 5.74) is 2.89. The fourth-order valence-electron chi connectivity index (χ4n) is 3.98. The second kappa shape index (κ2) is 11.0. The minimum absolute atomic E-state index is 0.00864. The number of thiophene rings is 1. The molecule has 1 aromatic heterocycles. The third kappa shape index (κ3) is 5.75. The van der Waals surface area contributed by atoms with Gasteiger partial charge in [0, 0.05) is 28.4 Å². The van der Waals surface area contributed by atoms with Crippen LogP contribution in [0.1, 0.15) is 37.0 Å². The quantitative estimate of drug-likeness (QED) is 0.315. The number of methoxy groups -OCH3 is 1. The van der Waals surface area contributed by atoms with E-state index < -0.39 is 26.6 Å². The van der Waals surface area contributed by atoms with Crippen molar-refractivity contribution in [3.05, 3.63) is 41.3 Å². The van der Waals surface area contributed by atoms with E-state index in [-0.39, 0.29) is 31.0 Å². The van der Waals surface area contributed by atoms with Gasteiger partial charge in [-0.1, -0.05) is 18.6 Å². The maximum Gasteiger partial charge on any atom is 0.406 e. The van der Waals surface area contributed by atoms with Gasteiger partial charge in [0.1, 0.15) is 4.75 Å². The number of ether oxygens (including phenoxy) is 1. The summed E-state index contributed by atoms with van der Waals surface area (Å²) in [5, 5.41) is 14.2. The van der Waals surface area contributed by atoms with Crippen molar-refractivity contribution in [3.63, 3.8) is 0 Å². The molecule has 184 valence electrons. The smallest absolute Gasteiger partial charge is 0.406 e. The number of carbonyl (C=O) groups excluding carboxylic acids is 3. The highest BCUT2D eigenvalue weighted by Gasteiger charge is 2.49. The van der Waals surface area contributed by atoms with E-state index in [4.69, 9.17) is 5.21 Å². The van der Waals surface area contributed by atoms with Crippen molar-refractivity contribution in [1.29, 1.82) is 0 Å². The van der Waals surface area contributed by atoms with Crippen LogP contribution in [0.3, 0.4) is 0 Å². The first-order chi connectivity index (χ1) is 16.2. The van der Waals surface area contributed by atoms with Crippen LogP contribution in [0, 0.1) is 0 Å². The summed E-state index contributed by atoms with van der Waals surface area (Å²) in [5.74, 6) is -1.04. The Balaban J connectivity index is 1.80. The highest BCUT2D eigenvalue weighted by atomic mass is 32.2. The average molecular weight is 510 g/mol. The largest absolute Gasteiger partial charge is 0.453 e. The van der Waals surface area contributed by atoms with Crippen LogP contribution < -0.4 is 16.1 Å². The zero-order chi connectivity index (χ0) is 24.8. The monoisotopic (exact) mass is 509 g/mol. The number of benzene rings is 1. The van der Waals surface area contributed by atoms with Gasteiger partial charge in [-0.2, -0.15) is 0 Å². The number of amides is 3. The molecule has 0 spiro atoms. The summed E-state index contributed by atoms with van der Waals surface area (Å²) >= 11 is 1.28. The molecule has 1 aliphatic rings. The molecule has 34 heavy (non-hydrogen) atoms. The van der Waals surface area contributed by atoms with Crippen molar-refractivity contribution in [2.24, 2.45) is 0 Å². The van der Waals surface area contributed by atoms with Gasteiger partial charge in [0.2, 0.25) is 11.8 Å². The van der Waals surface area contributed by atoms with Gasteiger partial charge in [-0.25, -0.2) is 18.7 Å². The fourth-order valence-corrected chi connectivity index (χ4v) is 7.75. The van der Waals surface area contributed by atoms with Gasteiger partial charge in [-0.05, 0) is 42.7 Å². The molecule has 0 bridgehead atoms. The van der Waals surface area contributed by atoms with Crippen LogP contribution in [0.15, 0.2) is 36.4 Å². The number of carbonyl (C=O) groups is 3. The van der Waals surface area contributed by atoms with Crippen molar-refractivity contribution < 1.29 is 32.7 Å². The van der Waals surface area contributed by atoms with Crippen LogP contribution in [-0.2, 0) is 28.9 Å². The molecule has 1 saturated heterocycles. The maximum atomic E-state index is 13.1. The molecule has 3 rings (SSSR count). The van der Waals surface area contributed by atoms with Gasteiger partial charge in [0.25, 0.3) is 0 Å². The van der Waals surface area contributed by atoms with E-state index in [0.29, 0.717) is 29.8 Å². The molecular weight excluding hydrogens is 482 g/mol. The Hall–Kier alpha value is -2.96. The molecule has 1 aliphatic heterocycles. The normalized spacial score (nSPS) is 19.1. The lowest BCUT2D eigenvalue weighted by Crippen LogP contribution is -2.43. The van der Waals surface area contributed by atoms with Crippen molar-refractivity contribution in [2.45, 2.75) is 36.9 Å². The van der Waals surface area contributed by atoms with Crippen molar-refractivity contribution in [2.75, 3.05) is 24.7 Å². The Morgan fingerprint density at radius 3 is 2.65 bits per heavy atom. The maximum absolute atomic E-state index is 13.1. The van der Waals surface area contributed by atoms with E-state index in [9.17, 15) is 22.8 Å². The zero-order valence-corrected chi connectivity index (χ0v) is 20.3. The molecule has 2 heterocycles. The minimum atomic E-state index is -3.61. The summed E-state index contributed by atoms with van der Waals surface area (Å²) in [6.07, 6.45) is 0.616. The number of anilines is 1. The highest BCUT2D eigenvalue weighted by molar-refractivity contribution is 7.92. The minimum Gasteiger partial charge on any atom is -0.453 e. The number of hydrogen-bond acceptors (Lipinski definition) is 8. The molecule has 1 fully saturated rings. The summed E-state index contributed by atoms with van der Waals surface area (Å²) in [4.78, 5) is 36.6. The van der Waals surface area contributed by atoms with Crippen molar-refractivity contribution in [1.82, 2.24) is 10.8 Å². The Morgan fingerprint density at radius 1 is 1.15 bits per heavy atom. The Morgan fingerprint density at radius 2 is 1.94 bits per heavy atom. The van der Waals surface area contributed by atoms with E-state index in [1.54, 1.807) is 35.8 Å². The summed E-state index contributed by atoms with van der Waals surface area (Å²) in [7, 11) is -2.37. The second-order valence-electron chi connectivity index (χ2n) is 7.94. The standard InChI is InChI=1S/C22H27N3O7S2/c1-32-21(28)23-11-9-19(26)24-16-6-4-5-15(13-16)17-7-8-18(33-17)22(14-20(27)25-29)10-2-3-12-34(22,30)31/h4-8,13,29H,2-3,9-12,14H2,1H3,(H,23,28)(H,24,26)(H,25,27)/t22-/m0/s1. The number of alkyl carbamates (subject to hydrolysis) is 1. The number of rotatable bonds is 8. The van der Waals surface area contributed by atoms with Crippen LogP contribution in [0.5, 0.6) is 0 Å². The van der Waals surface area contributed by atoms with Gasteiger partial charge in [-0.15, -0.1) is 11.3 Å². The van der Waals surface area contributed by atoms with Crippen molar-refractivity contribution >= 4 is 44.8 Å². The zero-order valence-electron chi connectivity index (χ0n) is 18.6. The van der Waals surface area contributed by atoms with Crippen LogP contribution in [-0.4, -0.2) is 50.9 Å². The Labute approximate surface area is 201 Å². The predicted octanol–water partition coefficient (Wildman–Crippen LogP) is 2.79. The topological polar surface area (TPSA) is 151 Å². The molecule has 0 unspecified atom stereocenters. The van der Waals surface area contributed by atoms with E-state index in [0.717, 1.165) is 10.4 Å². The van der Waals surface area contributed by atoms with Crippen LogP contribution >= 0.6 is 11.3 Å². The molecule has 12 heteroatoms. The van der Waals surface area contributed by atoms with E-state index in [1.807, 2.05) is 6.07 Å². The third-order valence-electron chi connectivity index (χ3n) is 5.70. The predicted molar refractivity (Wildman–Crippen MR) is 127 cm³/mol. The van der Waals surface area contributed by atoms with Crippen LogP contribution in [0.2, 0.25) is 0 Å².